The van der Waals surface area contributed by atoms with Crippen LogP contribution < -0.4 is 0 Å². The Hall–Kier alpha value is -0.160. The van der Waals surface area contributed by atoms with Gasteiger partial charge in [-0.05, 0) is 12.8 Å². The molecule has 0 amide bonds. The van der Waals surface area contributed by atoms with Crippen molar-refractivity contribution in [3.8, 4) is 0 Å². The van der Waals surface area contributed by atoms with Crippen molar-refractivity contribution in [2.75, 3.05) is 39.8 Å². The maximum atomic E-state index is 10.6. The largest absolute Gasteiger partial charge is 0.217 e. The van der Waals surface area contributed by atoms with Crippen molar-refractivity contribution in [2.45, 2.75) is 38.6 Å². The maximum Gasteiger partial charge on any atom is 0.124 e. The fraction of sp³-hybridized carbons (Fsp3) is 1.00. The van der Waals surface area contributed by atoms with Crippen LogP contribution in [-0.2, 0) is 4.84 Å². The predicted molar refractivity (Wildman–Crippen MR) is 75.5 cm³/mol. The van der Waals surface area contributed by atoms with Crippen LogP contribution >= 0.6 is 0 Å². The molecule has 7 atom stereocenters. The molecule has 4 heterocycles. The van der Waals surface area contributed by atoms with Gasteiger partial charge in [-0.15, -0.1) is 0 Å². The first kappa shape index (κ1) is 13.5. The van der Waals surface area contributed by atoms with E-state index in [4.69, 9.17) is 4.84 Å². The first-order valence-electron chi connectivity index (χ1n) is 8.56. The molecule has 1 N–H and O–H groups in total. The molecule has 5 rings (SSSR count). The van der Waals surface area contributed by atoms with Crippen molar-refractivity contribution in [1.29, 1.82) is 0 Å². The van der Waals surface area contributed by atoms with Gasteiger partial charge in [0.2, 0.25) is 0 Å². The molecular weight excluding hydrogens is 252 g/mol. The highest BCUT2D eigenvalue weighted by molar-refractivity contribution is 4.85. The molecule has 1 saturated carbocycles. The van der Waals surface area contributed by atoms with Crippen molar-refractivity contribution in [3.63, 3.8) is 0 Å². The zero-order chi connectivity index (χ0) is 14.0. The number of hydroxylamine groups is 6. The zero-order valence-corrected chi connectivity index (χ0v) is 13.0. The van der Waals surface area contributed by atoms with Crippen molar-refractivity contribution in [1.82, 2.24) is 0 Å². The smallest absolute Gasteiger partial charge is 0.124 e. The minimum absolute atomic E-state index is 0.248. The minimum atomic E-state index is 0.248. The second-order valence-electron chi connectivity index (χ2n) is 8.37. The van der Waals surface area contributed by atoms with Crippen LogP contribution in [0.15, 0.2) is 0 Å². The molecule has 0 spiro atoms. The number of nitrogens with zero attached hydrogens (tertiary/aromatic N) is 2. The van der Waals surface area contributed by atoms with E-state index in [2.05, 4.69) is 6.92 Å². The molecule has 0 radical (unpaired) electrons. The molecule has 20 heavy (non-hydrogen) atoms. The summed E-state index contributed by atoms with van der Waals surface area (Å²) in [6.45, 7) is 7.90. The molecule has 4 aliphatic heterocycles. The number of rotatable bonds is 3. The zero-order valence-electron chi connectivity index (χ0n) is 13.0. The molecule has 4 bridgehead atoms. The molecule has 0 aromatic heterocycles. The lowest BCUT2D eigenvalue weighted by Gasteiger charge is -2.50. The molecule has 4 heteroatoms. The first-order valence-corrected chi connectivity index (χ1v) is 8.56. The summed E-state index contributed by atoms with van der Waals surface area (Å²) in [7, 11) is 2.00. The Morgan fingerprint density at radius 2 is 2.00 bits per heavy atom. The number of piperidine rings is 3. The van der Waals surface area contributed by atoms with E-state index in [9.17, 15) is 5.21 Å². The third kappa shape index (κ3) is 2.04. The highest BCUT2D eigenvalue weighted by atomic mass is 16.7. The van der Waals surface area contributed by atoms with E-state index in [-0.39, 0.29) is 4.65 Å². The van der Waals surface area contributed by atoms with Gasteiger partial charge in [0.1, 0.15) is 38.8 Å². The van der Waals surface area contributed by atoms with Gasteiger partial charge >= 0.3 is 0 Å². The SMILES string of the molecule is CC1C[N+]2(OCC3CC4CCC3[N+](C)(O)C4)CCC1C2. The molecule has 1 aliphatic carbocycles. The molecule has 4 saturated heterocycles. The van der Waals surface area contributed by atoms with Crippen molar-refractivity contribution >= 4 is 0 Å². The maximum absolute atomic E-state index is 10.6. The Balaban J connectivity index is 1.41. The average molecular weight is 282 g/mol. The summed E-state index contributed by atoms with van der Waals surface area (Å²) in [5.74, 6) is 3.02. The van der Waals surface area contributed by atoms with Gasteiger partial charge in [-0.3, -0.25) is 0 Å². The van der Waals surface area contributed by atoms with Gasteiger partial charge in [0.05, 0.1) is 7.05 Å². The van der Waals surface area contributed by atoms with Crippen LogP contribution in [0.3, 0.4) is 0 Å². The fourth-order valence-corrected chi connectivity index (χ4v) is 5.82. The summed E-state index contributed by atoms with van der Waals surface area (Å²) in [6, 6.07) is 0.414. The van der Waals surface area contributed by atoms with Crippen molar-refractivity contribution in [2.24, 2.45) is 23.7 Å². The Morgan fingerprint density at radius 3 is 2.60 bits per heavy atom. The highest BCUT2D eigenvalue weighted by Gasteiger charge is 2.54. The van der Waals surface area contributed by atoms with Gasteiger partial charge in [-0.1, -0.05) is 6.92 Å². The van der Waals surface area contributed by atoms with Crippen LogP contribution in [0.1, 0.15) is 32.6 Å². The third-order valence-electron chi connectivity index (χ3n) is 6.86. The topological polar surface area (TPSA) is 29.5 Å². The molecule has 5 fully saturated rings. The third-order valence-corrected chi connectivity index (χ3v) is 6.86. The second kappa shape index (κ2) is 4.42. The van der Waals surface area contributed by atoms with Gasteiger partial charge in [0, 0.05) is 36.5 Å². The van der Waals surface area contributed by atoms with Crippen LogP contribution in [0.5, 0.6) is 0 Å². The van der Waals surface area contributed by atoms with Crippen molar-refractivity contribution < 1.29 is 19.3 Å². The van der Waals surface area contributed by atoms with E-state index in [1.165, 1.54) is 45.3 Å². The normalized spacial score (nSPS) is 57.5. The molecular formula is C16H30N2O2+2. The minimum Gasteiger partial charge on any atom is -0.217 e. The Morgan fingerprint density at radius 1 is 1.15 bits per heavy atom. The summed E-state index contributed by atoms with van der Waals surface area (Å²) >= 11 is 0. The lowest BCUT2D eigenvalue weighted by molar-refractivity contribution is -1.12. The number of hydrogen-bond acceptors (Lipinski definition) is 2. The van der Waals surface area contributed by atoms with Gasteiger partial charge in [0.15, 0.2) is 0 Å². The highest BCUT2D eigenvalue weighted by Crippen LogP contribution is 2.44. The Labute approximate surface area is 122 Å². The summed E-state index contributed by atoms with van der Waals surface area (Å²) in [5.41, 5.74) is 0. The fourth-order valence-electron chi connectivity index (χ4n) is 5.82. The molecule has 0 aromatic carbocycles. The molecule has 0 aromatic rings. The van der Waals surface area contributed by atoms with Gasteiger partial charge < -0.3 is 0 Å². The Bertz CT molecular complexity index is 396. The second-order valence-corrected chi connectivity index (χ2v) is 8.37. The summed E-state index contributed by atoms with van der Waals surface area (Å²) < 4.78 is 1.17. The number of hydrogen-bond donors (Lipinski definition) is 1. The quantitative estimate of drug-likeness (QED) is 0.803. The van der Waals surface area contributed by atoms with Crippen molar-refractivity contribution in [3.05, 3.63) is 0 Å². The van der Waals surface area contributed by atoms with Crippen LogP contribution in [0.25, 0.3) is 0 Å². The van der Waals surface area contributed by atoms with E-state index in [1.54, 1.807) is 0 Å². The Kier molecular flexibility index (Phi) is 2.98. The van der Waals surface area contributed by atoms with Crippen LogP contribution in [0.4, 0.5) is 0 Å². The summed E-state index contributed by atoms with van der Waals surface area (Å²) in [4.78, 5) is 6.45. The summed E-state index contributed by atoms with van der Waals surface area (Å²) in [6.07, 6.45) is 5.13. The molecule has 114 valence electrons. The van der Waals surface area contributed by atoms with E-state index in [1.807, 2.05) is 7.05 Å². The lowest BCUT2D eigenvalue weighted by atomic mass is 9.73. The van der Waals surface area contributed by atoms with E-state index < -0.39 is 0 Å². The van der Waals surface area contributed by atoms with E-state index in [0.717, 1.165) is 29.6 Å². The summed E-state index contributed by atoms with van der Waals surface area (Å²) in [5, 5.41) is 10.6. The number of quaternary nitrogens is 2. The predicted octanol–water partition coefficient (Wildman–Crippen LogP) is 2.04. The first-order chi connectivity index (χ1) is 9.47. The van der Waals surface area contributed by atoms with E-state index >= 15 is 0 Å². The molecule has 5 aliphatic rings. The molecule has 4 nitrogen and oxygen atoms in total. The van der Waals surface area contributed by atoms with Crippen LogP contribution in [-0.4, -0.2) is 60.4 Å². The lowest BCUT2D eigenvalue weighted by Crippen LogP contribution is -2.63. The average Bonchev–Trinajstić information content (AvgIpc) is 2.93. The van der Waals surface area contributed by atoms with Crippen LogP contribution in [0.2, 0.25) is 0 Å². The van der Waals surface area contributed by atoms with Gasteiger partial charge in [0.25, 0.3) is 0 Å². The van der Waals surface area contributed by atoms with Gasteiger partial charge in [-0.25, -0.2) is 10.0 Å². The van der Waals surface area contributed by atoms with Crippen LogP contribution in [0, 0.1) is 23.7 Å². The van der Waals surface area contributed by atoms with E-state index in [0.29, 0.717) is 17.9 Å². The standard InChI is InChI=1S/C16H30N2O2/c1-12-8-18(6-5-14(12)10-18)20-11-15-7-13-3-4-16(15)17(2,19)9-13/h12-16,19H,3-11H2,1-2H3/q+2. The monoisotopic (exact) mass is 282 g/mol. The number of fused-ring (bicyclic) bond motifs is 5. The van der Waals surface area contributed by atoms with Gasteiger partial charge in [-0.2, -0.15) is 9.29 Å². The molecule has 7 unspecified atom stereocenters.